The van der Waals surface area contributed by atoms with Crippen LogP contribution in [0.15, 0.2) is 24.7 Å². The second-order valence-electron chi connectivity index (χ2n) is 4.02. The van der Waals surface area contributed by atoms with Crippen LogP contribution in [0.4, 0.5) is 5.69 Å². The van der Waals surface area contributed by atoms with Gasteiger partial charge in [-0.2, -0.15) is 5.10 Å². The molecule has 2 rings (SSSR count). The highest BCUT2D eigenvalue weighted by molar-refractivity contribution is 5.43. The van der Waals surface area contributed by atoms with Crippen LogP contribution in [0.5, 0.6) is 0 Å². The molecule has 0 saturated carbocycles. The highest BCUT2D eigenvalue weighted by atomic mass is 15.2. The van der Waals surface area contributed by atoms with E-state index in [0.717, 1.165) is 23.5 Å². The SMILES string of the molecule is Cc1cncc(NCc2cn(C)nc2C)c1. The van der Waals surface area contributed by atoms with Gasteiger partial charge in [-0.05, 0) is 25.5 Å². The van der Waals surface area contributed by atoms with Gasteiger partial charge in [0.25, 0.3) is 0 Å². The zero-order valence-corrected chi connectivity index (χ0v) is 9.86. The summed E-state index contributed by atoms with van der Waals surface area (Å²) in [5, 5.41) is 7.64. The fourth-order valence-electron chi connectivity index (χ4n) is 1.67. The Morgan fingerprint density at radius 2 is 2.12 bits per heavy atom. The molecular weight excluding hydrogens is 200 g/mol. The maximum atomic E-state index is 4.30. The Balaban J connectivity index is 2.05. The zero-order chi connectivity index (χ0) is 11.5. The van der Waals surface area contributed by atoms with E-state index in [-0.39, 0.29) is 0 Å². The van der Waals surface area contributed by atoms with Gasteiger partial charge >= 0.3 is 0 Å². The Morgan fingerprint density at radius 3 is 2.75 bits per heavy atom. The van der Waals surface area contributed by atoms with Crippen LogP contribution in [-0.4, -0.2) is 14.8 Å². The predicted octanol–water partition coefficient (Wildman–Crippen LogP) is 2.04. The molecule has 0 radical (unpaired) electrons. The monoisotopic (exact) mass is 216 g/mol. The van der Waals surface area contributed by atoms with E-state index in [1.54, 1.807) is 0 Å². The summed E-state index contributed by atoms with van der Waals surface area (Å²) in [4.78, 5) is 4.14. The summed E-state index contributed by atoms with van der Waals surface area (Å²) < 4.78 is 1.83. The number of hydrogen-bond donors (Lipinski definition) is 1. The van der Waals surface area contributed by atoms with E-state index in [1.165, 1.54) is 5.56 Å². The first-order valence-electron chi connectivity index (χ1n) is 5.30. The Hall–Kier alpha value is -1.84. The van der Waals surface area contributed by atoms with Gasteiger partial charge in [-0.25, -0.2) is 0 Å². The summed E-state index contributed by atoms with van der Waals surface area (Å²) in [6, 6.07) is 2.08. The summed E-state index contributed by atoms with van der Waals surface area (Å²) in [5.74, 6) is 0. The van der Waals surface area contributed by atoms with E-state index in [2.05, 4.69) is 21.5 Å². The first-order valence-corrected chi connectivity index (χ1v) is 5.30. The molecule has 0 spiro atoms. The van der Waals surface area contributed by atoms with E-state index in [9.17, 15) is 0 Å². The number of aryl methyl sites for hydroxylation is 3. The molecule has 16 heavy (non-hydrogen) atoms. The van der Waals surface area contributed by atoms with Crippen LogP contribution >= 0.6 is 0 Å². The summed E-state index contributed by atoms with van der Waals surface area (Å²) in [7, 11) is 1.94. The second-order valence-corrected chi connectivity index (χ2v) is 4.02. The minimum absolute atomic E-state index is 0.783. The number of hydrogen-bond acceptors (Lipinski definition) is 3. The molecule has 0 aromatic carbocycles. The molecule has 0 saturated heterocycles. The van der Waals surface area contributed by atoms with Crippen LogP contribution in [-0.2, 0) is 13.6 Å². The Morgan fingerprint density at radius 1 is 1.31 bits per heavy atom. The lowest BCUT2D eigenvalue weighted by Gasteiger charge is -2.05. The molecule has 0 bridgehead atoms. The molecule has 4 nitrogen and oxygen atoms in total. The second kappa shape index (κ2) is 4.35. The number of nitrogens with zero attached hydrogens (tertiary/aromatic N) is 3. The number of aromatic nitrogens is 3. The van der Waals surface area contributed by atoms with Gasteiger partial charge in [-0.1, -0.05) is 0 Å². The molecule has 0 aliphatic carbocycles. The first-order chi connectivity index (χ1) is 7.65. The average molecular weight is 216 g/mol. The van der Waals surface area contributed by atoms with Crippen molar-refractivity contribution in [1.82, 2.24) is 14.8 Å². The molecule has 2 aromatic heterocycles. The van der Waals surface area contributed by atoms with Gasteiger partial charge in [0.15, 0.2) is 0 Å². The molecule has 0 amide bonds. The third-order valence-electron chi connectivity index (χ3n) is 2.47. The fraction of sp³-hybridized carbons (Fsp3) is 0.333. The minimum atomic E-state index is 0.783. The van der Waals surface area contributed by atoms with Crippen molar-refractivity contribution in [1.29, 1.82) is 0 Å². The van der Waals surface area contributed by atoms with Crippen molar-refractivity contribution in [2.24, 2.45) is 7.05 Å². The number of nitrogens with one attached hydrogen (secondary N) is 1. The standard InChI is InChI=1S/C12H16N4/c1-9-4-12(7-13-5-9)14-6-11-8-16(3)15-10(11)2/h4-5,7-8,14H,6H2,1-3H3. The van der Waals surface area contributed by atoms with Gasteiger partial charge in [-0.15, -0.1) is 0 Å². The normalized spacial score (nSPS) is 10.4. The molecule has 2 aromatic rings. The maximum Gasteiger partial charge on any atom is 0.0643 e. The van der Waals surface area contributed by atoms with E-state index in [1.807, 2.05) is 44.2 Å². The Bertz CT molecular complexity index is 488. The maximum absolute atomic E-state index is 4.30. The van der Waals surface area contributed by atoms with E-state index in [0.29, 0.717) is 0 Å². The van der Waals surface area contributed by atoms with Crippen LogP contribution in [0.25, 0.3) is 0 Å². The van der Waals surface area contributed by atoms with Crippen LogP contribution in [0.2, 0.25) is 0 Å². The topological polar surface area (TPSA) is 42.7 Å². The number of rotatable bonds is 3. The molecule has 0 aliphatic rings. The van der Waals surface area contributed by atoms with Crippen molar-refractivity contribution >= 4 is 5.69 Å². The quantitative estimate of drug-likeness (QED) is 0.853. The van der Waals surface area contributed by atoms with E-state index in [4.69, 9.17) is 0 Å². The Labute approximate surface area is 95.3 Å². The fourth-order valence-corrected chi connectivity index (χ4v) is 1.67. The van der Waals surface area contributed by atoms with Crippen molar-refractivity contribution in [3.63, 3.8) is 0 Å². The molecule has 2 heterocycles. The zero-order valence-electron chi connectivity index (χ0n) is 9.86. The third kappa shape index (κ3) is 2.39. The smallest absolute Gasteiger partial charge is 0.0643 e. The molecule has 84 valence electrons. The Kier molecular flexibility index (Phi) is 2.90. The largest absolute Gasteiger partial charge is 0.380 e. The molecule has 0 unspecified atom stereocenters. The van der Waals surface area contributed by atoms with Gasteiger partial charge in [0, 0.05) is 37.7 Å². The summed E-state index contributed by atoms with van der Waals surface area (Å²) in [6.45, 7) is 4.84. The van der Waals surface area contributed by atoms with Crippen LogP contribution in [0.1, 0.15) is 16.8 Å². The predicted molar refractivity (Wildman–Crippen MR) is 64.2 cm³/mol. The van der Waals surface area contributed by atoms with Gasteiger partial charge in [0.05, 0.1) is 11.4 Å². The van der Waals surface area contributed by atoms with Crippen molar-refractivity contribution in [2.45, 2.75) is 20.4 Å². The van der Waals surface area contributed by atoms with Crippen molar-refractivity contribution in [2.75, 3.05) is 5.32 Å². The van der Waals surface area contributed by atoms with E-state index >= 15 is 0 Å². The third-order valence-corrected chi connectivity index (χ3v) is 2.47. The number of anilines is 1. The first kappa shape index (κ1) is 10.7. The molecule has 0 fully saturated rings. The molecule has 0 atom stereocenters. The molecule has 4 heteroatoms. The van der Waals surface area contributed by atoms with Crippen LogP contribution in [0.3, 0.4) is 0 Å². The molecule has 0 aliphatic heterocycles. The van der Waals surface area contributed by atoms with Gasteiger partial charge in [0.2, 0.25) is 0 Å². The lowest BCUT2D eigenvalue weighted by molar-refractivity contribution is 0.756. The van der Waals surface area contributed by atoms with Gasteiger partial charge in [-0.3, -0.25) is 9.67 Å². The number of pyridine rings is 1. The highest BCUT2D eigenvalue weighted by Crippen LogP contribution is 2.11. The lowest BCUT2D eigenvalue weighted by Crippen LogP contribution is -2.00. The summed E-state index contributed by atoms with van der Waals surface area (Å²) in [5.41, 5.74) is 4.48. The molecular formula is C12H16N4. The lowest BCUT2D eigenvalue weighted by atomic mass is 10.2. The van der Waals surface area contributed by atoms with Crippen molar-refractivity contribution < 1.29 is 0 Å². The summed E-state index contributed by atoms with van der Waals surface area (Å²) in [6.07, 6.45) is 5.71. The van der Waals surface area contributed by atoms with Crippen molar-refractivity contribution in [3.05, 3.63) is 41.5 Å². The van der Waals surface area contributed by atoms with Crippen LogP contribution in [0, 0.1) is 13.8 Å². The highest BCUT2D eigenvalue weighted by Gasteiger charge is 2.02. The molecule has 1 N–H and O–H groups in total. The van der Waals surface area contributed by atoms with E-state index < -0.39 is 0 Å². The van der Waals surface area contributed by atoms with Crippen LogP contribution < -0.4 is 5.32 Å². The summed E-state index contributed by atoms with van der Waals surface area (Å²) >= 11 is 0. The minimum Gasteiger partial charge on any atom is -0.380 e. The van der Waals surface area contributed by atoms with Crippen molar-refractivity contribution in [3.8, 4) is 0 Å². The van der Waals surface area contributed by atoms with Gasteiger partial charge < -0.3 is 5.32 Å². The average Bonchev–Trinajstić information content (AvgIpc) is 2.54. The van der Waals surface area contributed by atoms with Gasteiger partial charge in [0.1, 0.15) is 0 Å².